The fourth-order valence-corrected chi connectivity index (χ4v) is 6.32. The molecule has 1 heterocycles. The number of hydrogen-bond donors (Lipinski definition) is 1. The Morgan fingerprint density at radius 1 is 1.18 bits per heavy atom. The highest BCUT2D eigenvalue weighted by Gasteiger charge is 2.58. The van der Waals surface area contributed by atoms with Crippen molar-refractivity contribution in [2.75, 3.05) is 13.1 Å². The Morgan fingerprint density at radius 3 is 2.24 bits per heavy atom. The van der Waals surface area contributed by atoms with Crippen LogP contribution in [-0.2, 0) is 10.0 Å². The van der Waals surface area contributed by atoms with Gasteiger partial charge in [-0.2, -0.15) is 0 Å². The molecule has 17 heavy (non-hydrogen) atoms. The first-order valence-corrected chi connectivity index (χ1v) is 8.08. The van der Waals surface area contributed by atoms with Crippen LogP contribution in [0.5, 0.6) is 0 Å². The number of hydrogen-bond acceptors (Lipinski definition) is 3. The number of rotatable bonds is 2. The zero-order valence-corrected chi connectivity index (χ0v) is 11.1. The number of piperidine rings is 1. The van der Waals surface area contributed by atoms with Crippen LogP contribution in [0.4, 0.5) is 0 Å². The summed E-state index contributed by atoms with van der Waals surface area (Å²) in [4.78, 5) is 0. The first-order valence-electron chi connectivity index (χ1n) is 6.58. The van der Waals surface area contributed by atoms with Crippen LogP contribution >= 0.6 is 0 Å². The highest BCUT2D eigenvalue weighted by molar-refractivity contribution is 7.89. The summed E-state index contributed by atoms with van der Waals surface area (Å²) in [6.07, 6.45) is 3.90. The molecule has 2 bridgehead atoms. The first kappa shape index (κ1) is 11.9. The summed E-state index contributed by atoms with van der Waals surface area (Å²) in [7, 11) is -3.11. The van der Waals surface area contributed by atoms with E-state index >= 15 is 0 Å². The summed E-state index contributed by atoms with van der Waals surface area (Å²) in [5.74, 6) is 0.400. The van der Waals surface area contributed by atoms with Crippen LogP contribution in [0.15, 0.2) is 0 Å². The number of aliphatic hydroxyl groups is 1. The minimum absolute atomic E-state index is 0.136. The molecule has 3 aliphatic carbocycles. The van der Waals surface area contributed by atoms with Crippen LogP contribution in [-0.4, -0.2) is 42.3 Å². The number of nitrogens with zero attached hydrogens (tertiary/aromatic N) is 1. The van der Waals surface area contributed by atoms with Crippen molar-refractivity contribution in [3.63, 3.8) is 0 Å². The molecule has 1 saturated heterocycles. The van der Waals surface area contributed by atoms with Crippen LogP contribution in [0.25, 0.3) is 0 Å². The van der Waals surface area contributed by atoms with E-state index in [4.69, 9.17) is 0 Å². The largest absolute Gasteiger partial charge is 0.393 e. The van der Waals surface area contributed by atoms with Crippen molar-refractivity contribution in [2.45, 2.75) is 50.4 Å². The molecule has 98 valence electrons. The maximum Gasteiger partial charge on any atom is 0.217 e. The molecular weight excluding hydrogens is 238 g/mol. The standard InChI is InChI=1S/C12H21NO3S/c1-12-6-9(7-12)11(8-12)17(15,16)13-4-2-10(14)3-5-13/h9-11,14H,2-8H2,1H3. The maximum absolute atomic E-state index is 12.5. The van der Waals surface area contributed by atoms with Crippen molar-refractivity contribution in [2.24, 2.45) is 11.3 Å². The van der Waals surface area contributed by atoms with Gasteiger partial charge in [0.25, 0.3) is 0 Å². The lowest BCUT2D eigenvalue weighted by Gasteiger charge is -2.35. The third-order valence-corrected chi connectivity index (χ3v) is 7.30. The van der Waals surface area contributed by atoms with Gasteiger partial charge in [0.15, 0.2) is 0 Å². The molecule has 0 aromatic carbocycles. The molecular formula is C12H21NO3S. The topological polar surface area (TPSA) is 57.6 Å². The Morgan fingerprint density at radius 2 is 1.76 bits per heavy atom. The molecule has 0 aromatic heterocycles. The lowest BCUT2D eigenvalue weighted by Crippen LogP contribution is -2.45. The highest BCUT2D eigenvalue weighted by Crippen LogP contribution is 2.60. The average molecular weight is 259 g/mol. The van der Waals surface area contributed by atoms with E-state index in [0.717, 1.165) is 19.3 Å². The Bertz CT molecular complexity index is 405. The SMILES string of the molecule is CC12CC(C1)C(S(=O)(=O)N1CCC(O)CC1)C2. The molecule has 4 nitrogen and oxygen atoms in total. The van der Waals surface area contributed by atoms with Crippen LogP contribution in [0.3, 0.4) is 0 Å². The smallest absolute Gasteiger partial charge is 0.217 e. The minimum Gasteiger partial charge on any atom is -0.393 e. The average Bonchev–Trinajstić information content (AvgIpc) is 2.72. The molecule has 1 atom stereocenters. The lowest BCUT2D eigenvalue weighted by molar-refractivity contribution is 0.112. The summed E-state index contributed by atoms with van der Waals surface area (Å²) in [5, 5.41) is 9.30. The fourth-order valence-electron chi connectivity index (χ4n) is 3.92. The van der Waals surface area contributed by atoms with Crippen LogP contribution in [0, 0.1) is 11.3 Å². The van der Waals surface area contributed by atoms with Gasteiger partial charge in [0.1, 0.15) is 0 Å². The summed E-state index contributed by atoms with van der Waals surface area (Å²) in [6.45, 7) is 3.21. The second-order valence-electron chi connectivity index (χ2n) is 6.40. The van der Waals surface area contributed by atoms with Crippen molar-refractivity contribution < 1.29 is 13.5 Å². The molecule has 0 aromatic rings. The van der Waals surface area contributed by atoms with Crippen LogP contribution in [0.1, 0.15) is 39.0 Å². The second kappa shape index (κ2) is 3.68. The highest BCUT2D eigenvalue weighted by atomic mass is 32.2. The van der Waals surface area contributed by atoms with E-state index in [1.54, 1.807) is 4.31 Å². The van der Waals surface area contributed by atoms with Crippen molar-refractivity contribution >= 4 is 10.0 Å². The molecule has 3 saturated carbocycles. The molecule has 1 aliphatic heterocycles. The van der Waals surface area contributed by atoms with Gasteiger partial charge in [-0.25, -0.2) is 12.7 Å². The predicted molar refractivity (Wildman–Crippen MR) is 65.0 cm³/mol. The molecule has 1 N–H and O–H groups in total. The van der Waals surface area contributed by atoms with Crippen molar-refractivity contribution in [3.8, 4) is 0 Å². The van der Waals surface area contributed by atoms with Gasteiger partial charge in [-0.3, -0.25) is 0 Å². The Labute approximate surface area is 103 Å². The normalized spacial score (nSPS) is 43.6. The molecule has 0 amide bonds. The number of aliphatic hydroxyl groups excluding tert-OH is 1. The summed E-state index contributed by atoms with van der Waals surface area (Å²) >= 11 is 0. The van der Waals surface area contributed by atoms with Gasteiger partial charge < -0.3 is 5.11 Å². The molecule has 1 unspecified atom stereocenters. The van der Waals surface area contributed by atoms with Gasteiger partial charge in [0.2, 0.25) is 10.0 Å². The number of sulfonamides is 1. The Balaban J connectivity index is 1.74. The van der Waals surface area contributed by atoms with E-state index in [0.29, 0.717) is 37.3 Å². The number of fused-ring (bicyclic) bond motifs is 1. The van der Waals surface area contributed by atoms with Gasteiger partial charge in [0, 0.05) is 13.1 Å². The van der Waals surface area contributed by atoms with Crippen LogP contribution in [0.2, 0.25) is 0 Å². The van der Waals surface area contributed by atoms with E-state index in [-0.39, 0.29) is 11.4 Å². The van der Waals surface area contributed by atoms with E-state index in [1.165, 1.54) is 0 Å². The zero-order valence-electron chi connectivity index (χ0n) is 10.3. The maximum atomic E-state index is 12.5. The second-order valence-corrected chi connectivity index (χ2v) is 8.55. The third kappa shape index (κ3) is 1.83. The minimum atomic E-state index is -3.11. The van der Waals surface area contributed by atoms with Crippen molar-refractivity contribution in [3.05, 3.63) is 0 Å². The first-order chi connectivity index (χ1) is 7.91. The molecule has 0 radical (unpaired) electrons. The summed E-state index contributed by atoms with van der Waals surface area (Å²) in [6, 6.07) is 0. The van der Waals surface area contributed by atoms with E-state index < -0.39 is 10.0 Å². The molecule has 4 rings (SSSR count). The molecule has 5 heteroatoms. The molecule has 4 fully saturated rings. The predicted octanol–water partition coefficient (Wildman–Crippen LogP) is 0.961. The van der Waals surface area contributed by atoms with E-state index in [1.807, 2.05) is 0 Å². The van der Waals surface area contributed by atoms with Gasteiger partial charge in [-0.1, -0.05) is 6.92 Å². The van der Waals surface area contributed by atoms with Crippen molar-refractivity contribution in [1.29, 1.82) is 0 Å². The zero-order chi connectivity index (χ0) is 12.3. The Kier molecular flexibility index (Phi) is 2.58. The Hall–Kier alpha value is -0.130. The van der Waals surface area contributed by atoms with E-state index in [2.05, 4.69) is 6.92 Å². The van der Waals surface area contributed by atoms with E-state index in [9.17, 15) is 13.5 Å². The lowest BCUT2D eigenvalue weighted by atomic mass is 9.71. The van der Waals surface area contributed by atoms with Crippen molar-refractivity contribution in [1.82, 2.24) is 4.31 Å². The quantitative estimate of drug-likeness (QED) is 0.803. The summed E-state index contributed by atoms with van der Waals surface area (Å²) in [5.41, 5.74) is 0.303. The third-order valence-electron chi connectivity index (χ3n) is 4.90. The molecule has 4 aliphatic rings. The van der Waals surface area contributed by atoms with Crippen LogP contribution < -0.4 is 0 Å². The fraction of sp³-hybridized carbons (Fsp3) is 1.00. The van der Waals surface area contributed by atoms with Gasteiger partial charge >= 0.3 is 0 Å². The molecule has 0 spiro atoms. The van der Waals surface area contributed by atoms with Gasteiger partial charge in [-0.05, 0) is 43.4 Å². The van der Waals surface area contributed by atoms with Gasteiger partial charge in [0.05, 0.1) is 11.4 Å². The monoisotopic (exact) mass is 259 g/mol. The van der Waals surface area contributed by atoms with Gasteiger partial charge in [-0.15, -0.1) is 0 Å². The summed E-state index contributed by atoms with van der Waals surface area (Å²) < 4.78 is 26.7.